The highest BCUT2D eigenvalue weighted by molar-refractivity contribution is 5.79. The third-order valence-electron chi connectivity index (χ3n) is 5.42. The number of guanidine groups is 1. The van der Waals surface area contributed by atoms with E-state index >= 15 is 0 Å². The molecule has 0 unspecified atom stereocenters. The summed E-state index contributed by atoms with van der Waals surface area (Å²) >= 11 is 0. The molecule has 6 heteroatoms. The first-order chi connectivity index (χ1) is 13.5. The third kappa shape index (κ3) is 5.35. The van der Waals surface area contributed by atoms with Crippen LogP contribution in [0.5, 0.6) is 0 Å². The zero-order valence-electron chi connectivity index (χ0n) is 17.6. The van der Waals surface area contributed by atoms with Crippen LogP contribution in [0.2, 0.25) is 0 Å². The first kappa shape index (κ1) is 20.4. The molecule has 2 heterocycles. The molecule has 1 aliphatic rings. The SMILES string of the molecule is CN=C(NCc1ncc(-c2ccc(C)cc2)o1)NCC(C)(C)N1CCCCC1. The van der Waals surface area contributed by atoms with Crippen molar-refractivity contribution in [3.63, 3.8) is 0 Å². The Morgan fingerprint density at radius 3 is 2.54 bits per heavy atom. The average molecular weight is 384 g/mol. The predicted molar refractivity (Wildman–Crippen MR) is 114 cm³/mol. The molecule has 28 heavy (non-hydrogen) atoms. The van der Waals surface area contributed by atoms with E-state index in [2.05, 4.69) is 70.5 Å². The monoisotopic (exact) mass is 383 g/mol. The van der Waals surface area contributed by atoms with E-state index in [4.69, 9.17) is 4.42 Å². The largest absolute Gasteiger partial charge is 0.439 e. The van der Waals surface area contributed by atoms with Gasteiger partial charge < -0.3 is 15.1 Å². The maximum atomic E-state index is 5.88. The minimum Gasteiger partial charge on any atom is -0.439 e. The van der Waals surface area contributed by atoms with Gasteiger partial charge in [0.05, 0.1) is 12.7 Å². The Morgan fingerprint density at radius 1 is 1.14 bits per heavy atom. The molecule has 2 aromatic rings. The molecule has 1 fully saturated rings. The van der Waals surface area contributed by atoms with Crippen molar-refractivity contribution in [2.24, 2.45) is 4.99 Å². The van der Waals surface area contributed by atoms with Gasteiger partial charge >= 0.3 is 0 Å². The molecular formula is C22H33N5O. The van der Waals surface area contributed by atoms with Crippen LogP contribution in [0.1, 0.15) is 44.6 Å². The Morgan fingerprint density at radius 2 is 1.86 bits per heavy atom. The molecule has 0 aliphatic carbocycles. The predicted octanol–water partition coefficient (Wildman–Crippen LogP) is 3.58. The molecule has 6 nitrogen and oxygen atoms in total. The molecular weight excluding hydrogens is 350 g/mol. The molecule has 0 spiro atoms. The number of nitrogens with one attached hydrogen (secondary N) is 2. The number of aliphatic imine (C=N–C) groups is 1. The lowest BCUT2D eigenvalue weighted by atomic mass is 9.98. The van der Waals surface area contributed by atoms with Gasteiger partial charge in [-0.3, -0.25) is 9.89 Å². The van der Waals surface area contributed by atoms with Gasteiger partial charge in [0.25, 0.3) is 0 Å². The van der Waals surface area contributed by atoms with Gasteiger partial charge in [-0.15, -0.1) is 0 Å². The Bertz CT molecular complexity index is 772. The lowest BCUT2D eigenvalue weighted by molar-refractivity contribution is 0.0982. The van der Waals surface area contributed by atoms with Crippen LogP contribution in [-0.4, -0.2) is 48.1 Å². The Hall–Kier alpha value is -2.34. The molecule has 1 saturated heterocycles. The van der Waals surface area contributed by atoms with Gasteiger partial charge in [0, 0.05) is 24.7 Å². The summed E-state index contributed by atoms with van der Waals surface area (Å²) in [6, 6.07) is 8.25. The van der Waals surface area contributed by atoms with E-state index in [0.717, 1.165) is 23.8 Å². The maximum Gasteiger partial charge on any atom is 0.214 e. The van der Waals surface area contributed by atoms with Crippen LogP contribution in [0.3, 0.4) is 0 Å². The van der Waals surface area contributed by atoms with Crippen LogP contribution in [0.25, 0.3) is 11.3 Å². The second-order valence-corrected chi connectivity index (χ2v) is 8.12. The summed E-state index contributed by atoms with van der Waals surface area (Å²) in [6.07, 6.45) is 5.72. The topological polar surface area (TPSA) is 65.7 Å². The third-order valence-corrected chi connectivity index (χ3v) is 5.42. The molecule has 0 radical (unpaired) electrons. The van der Waals surface area contributed by atoms with Crippen molar-refractivity contribution in [2.75, 3.05) is 26.7 Å². The van der Waals surface area contributed by atoms with Gasteiger partial charge in [0.15, 0.2) is 11.7 Å². The van der Waals surface area contributed by atoms with Crippen molar-refractivity contribution in [1.29, 1.82) is 0 Å². The smallest absolute Gasteiger partial charge is 0.214 e. The van der Waals surface area contributed by atoms with E-state index in [0.29, 0.717) is 12.4 Å². The van der Waals surface area contributed by atoms with Crippen LogP contribution in [0.15, 0.2) is 39.9 Å². The van der Waals surface area contributed by atoms with Gasteiger partial charge in [-0.25, -0.2) is 4.98 Å². The number of likely N-dealkylation sites (tertiary alicyclic amines) is 1. The molecule has 1 aromatic carbocycles. The molecule has 2 N–H and O–H groups in total. The van der Waals surface area contributed by atoms with Crippen LogP contribution >= 0.6 is 0 Å². The molecule has 0 bridgehead atoms. The summed E-state index contributed by atoms with van der Waals surface area (Å²) in [5.41, 5.74) is 2.36. The fourth-order valence-corrected chi connectivity index (χ4v) is 3.53. The van der Waals surface area contributed by atoms with E-state index in [1.165, 1.54) is 37.9 Å². The molecule has 152 valence electrons. The van der Waals surface area contributed by atoms with Crippen LogP contribution in [0, 0.1) is 6.92 Å². The number of piperidine rings is 1. The quantitative estimate of drug-likeness (QED) is 0.590. The fraction of sp³-hybridized carbons (Fsp3) is 0.545. The summed E-state index contributed by atoms with van der Waals surface area (Å²) in [5.74, 6) is 2.19. The van der Waals surface area contributed by atoms with Crippen molar-refractivity contribution < 1.29 is 4.42 Å². The fourth-order valence-electron chi connectivity index (χ4n) is 3.53. The van der Waals surface area contributed by atoms with E-state index in [1.807, 2.05) is 0 Å². The summed E-state index contributed by atoms with van der Waals surface area (Å²) in [6.45, 7) is 10.4. The molecule has 1 aliphatic heterocycles. The second kappa shape index (κ2) is 9.24. The Balaban J connectivity index is 1.51. The van der Waals surface area contributed by atoms with Crippen molar-refractivity contribution in [1.82, 2.24) is 20.5 Å². The Kier molecular flexibility index (Phi) is 6.73. The minimum absolute atomic E-state index is 0.0968. The molecule has 1 aromatic heterocycles. The zero-order valence-corrected chi connectivity index (χ0v) is 17.6. The van der Waals surface area contributed by atoms with Gasteiger partial charge in [-0.1, -0.05) is 36.2 Å². The van der Waals surface area contributed by atoms with Gasteiger partial charge in [0.1, 0.15) is 0 Å². The first-order valence-electron chi connectivity index (χ1n) is 10.2. The van der Waals surface area contributed by atoms with Crippen molar-refractivity contribution >= 4 is 5.96 Å². The van der Waals surface area contributed by atoms with E-state index in [9.17, 15) is 0 Å². The molecule has 0 atom stereocenters. The summed E-state index contributed by atoms with van der Waals surface area (Å²) in [4.78, 5) is 11.3. The second-order valence-electron chi connectivity index (χ2n) is 8.12. The average Bonchev–Trinajstić information content (AvgIpc) is 3.18. The number of nitrogens with zero attached hydrogens (tertiary/aromatic N) is 3. The number of benzene rings is 1. The number of hydrogen-bond donors (Lipinski definition) is 2. The van der Waals surface area contributed by atoms with Gasteiger partial charge in [0.2, 0.25) is 5.89 Å². The van der Waals surface area contributed by atoms with Crippen LogP contribution in [-0.2, 0) is 6.54 Å². The molecule has 3 rings (SSSR count). The van der Waals surface area contributed by atoms with Gasteiger partial charge in [-0.2, -0.15) is 0 Å². The van der Waals surface area contributed by atoms with E-state index in [-0.39, 0.29) is 5.54 Å². The lowest BCUT2D eigenvalue weighted by Gasteiger charge is -2.41. The maximum absolute atomic E-state index is 5.88. The number of hydrogen-bond acceptors (Lipinski definition) is 4. The molecule has 0 amide bonds. The zero-order chi connectivity index (χ0) is 20.0. The summed E-state index contributed by atoms with van der Waals surface area (Å²) < 4.78 is 5.88. The Labute approximate surface area is 168 Å². The molecule has 0 saturated carbocycles. The van der Waals surface area contributed by atoms with Crippen molar-refractivity contribution in [3.8, 4) is 11.3 Å². The van der Waals surface area contributed by atoms with Crippen LogP contribution < -0.4 is 10.6 Å². The standard InChI is InChI=1S/C22H33N5O/c1-17-8-10-18(11-9-17)19-14-24-20(28-19)15-25-21(23-4)26-16-22(2,3)27-12-6-5-7-13-27/h8-11,14H,5-7,12-13,15-16H2,1-4H3,(H2,23,25,26). The highest BCUT2D eigenvalue weighted by Crippen LogP contribution is 2.21. The number of rotatable bonds is 6. The lowest BCUT2D eigenvalue weighted by Crippen LogP contribution is -2.54. The van der Waals surface area contributed by atoms with Crippen LogP contribution in [0.4, 0.5) is 0 Å². The highest BCUT2D eigenvalue weighted by atomic mass is 16.4. The summed E-state index contributed by atoms with van der Waals surface area (Å²) in [7, 11) is 1.79. The number of aromatic nitrogens is 1. The first-order valence-corrected chi connectivity index (χ1v) is 10.2. The minimum atomic E-state index is 0.0968. The van der Waals surface area contributed by atoms with E-state index < -0.39 is 0 Å². The number of oxazole rings is 1. The number of aryl methyl sites for hydroxylation is 1. The summed E-state index contributed by atoms with van der Waals surface area (Å²) in [5, 5.41) is 6.75. The van der Waals surface area contributed by atoms with Gasteiger partial charge in [-0.05, 0) is 46.7 Å². The van der Waals surface area contributed by atoms with Crippen molar-refractivity contribution in [3.05, 3.63) is 41.9 Å². The highest BCUT2D eigenvalue weighted by Gasteiger charge is 2.27. The van der Waals surface area contributed by atoms with E-state index in [1.54, 1.807) is 13.2 Å². The normalized spacial score (nSPS) is 16.2. The van der Waals surface area contributed by atoms with Crippen molar-refractivity contribution in [2.45, 2.75) is 52.1 Å².